The lowest BCUT2D eigenvalue weighted by atomic mass is 9.73. The van der Waals surface area contributed by atoms with Crippen molar-refractivity contribution in [3.05, 3.63) is 0 Å². The molecule has 1 N–H and O–H groups in total. The number of rotatable bonds is 2. The molecule has 0 aromatic carbocycles. The molecular formula is C11H20N2O. The van der Waals surface area contributed by atoms with Crippen molar-refractivity contribution in [2.75, 3.05) is 39.4 Å². The lowest BCUT2D eigenvalue weighted by molar-refractivity contribution is 0.116. The van der Waals surface area contributed by atoms with E-state index in [2.05, 4.69) is 10.2 Å². The van der Waals surface area contributed by atoms with E-state index in [1.807, 2.05) is 0 Å². The fraction of sp³-hybridized carbons (Fsp3) is 1.00. The molecule has 1 saturated carbocycles. The van der Waals surface area contributed by atoms with Crippen LogP contribution >= 0.6 is 0 Å². The zero-order valence-electron chi connectivity index (χ0n) is 8.80. The Morgan fingerprint density at radius 2 is 2.21 bits per heavy atom. The smallest absolute Gasteiger partial charge is 0.0593 e. The minimum absolute atomic E-state index is 0.509. The van der Waals surface area contributed by atoms with Gasteiger partial charge in [-0.15, -0.1) is 0 Å². The third kappa shape index (κ3) is 1.58. The maximum atomic E-state index is 5.47. The van der Waals surface area contributed by atoms with Gasteiger partial charge < -0.3 is 10.1 Å². The molecular weight excluding hydrogens is 176 g/mol. The summed E-state index contributed by atoms with van der Waals surface area (Å²) in [7, 11) is 0. The van der Waals surface area contributed by atoms with Gasteiger partial charge in [0, 0.05) is 31.8 Å². The Hall–Kier alpha value is -0.120. The van der Waals surface area contributed by atoms with Crippen molar-refractivity contribution in [1.29, 1.82) is 0 Å². The third-order valence-corrected chi connectivity index (χ3v) is 3.97. The van der Waals surface area contributed by atoms with E-state index in [1.165, 1.54) is 38.9 Å². The summed E-state index contributed by atoms with van der Waals surface area (Å²) in [6.07, 6.45) is 4.05. The summed E-state index contributed by atoms with van der Waals surface area (Å²) in [5.74, 6) is 0.998. The van der Waals surface area contributed by atoms with Crippen LogP contribution in [0, 0.1) is 5.92 Å². The predicted molar refractivity (Wildman–Crippen MR) is 55.3 cm³/mol. The summed E-state index contributed by atoms with van der Waals surface area (Å²) < 4.78 is 5.47. The minimum atomic E-state index is 0.509. The quantitative estimate of drug-likeness (QED) is 0.694. The fourth-order valence-corrected chi connectivity index (χ4v) is 3.26. The van der Waals surface area contributed by atoms with Gasteiger partial charge in [-0.25, -0.2) is 0 Å². The first-order valence-corrected chi connectivity index (χ1v) is 5.91. The molecule has 4 fully saturated rings. The molecule has 2 bridgehead atoms. The van der Waals surface area contributed by atoms with Gasteiger partial charge in [0.25, 0.3) is 0 Å². The van der Waals surface area contributed by atoms with Gasteiger partial charge in [-0.2, -0.15) is 0 Å². The van der Waals surface area contributed by atoms with Crippen molar-refractivity contribution < 1.29 is 4.74 Å². The molecule has 80 valence electrons. The summed E-state index contributed by atoms with van der Waals surface area (Å²) in [5, 5.41) is 3.69. The lowest BCUT2D eigenvalue weighted by Gasteiger charge is -2.41. The normalized spacial score (nSPS) is 43.3. The number of ether oxygens (including phenoxy) is 1. The van der Waals surface area contributed by atoms with Crippen molar-refractivity contribution in [1.82, 2.24) is 10.2 Å². The van der Waals surface area contributed by atoms with Crippen LogP contribution in [-0.4, -0.2) is 49.8 Å². The van der Waals surface area contributed by atoms with Gasteiger partial charge in [-0.05, 0) is 31.7 Å². The highest BCUT2D eigenvalue weighted by atomic mass is 16.5. The number of hydrogen-bond acceptors (Lipinski definition) is 3. The van der Waals surface area contributed by atoms with Crippen molar-refractivity contribution in [3.8, 4) is 0 Å². The molecule has 0 aromatic heterocycles. The molecule has 3 heterocycles. The average molecular weight is 196 g/mol. The van der Waals surface area contributed by atoms with Gasteiger partial charge in [0.05, 0.1) is 6.61 Å². The van der Waals surface area contributed by atoms with Gasteiger partial charge in [-0.3, -0.25) is 4.90 Å². The number of nitrogens with one attached hydrogen (secondary N) is 1. The summed E-state index contributed by atoms with van der Waals surface area (Å²) in [6.45, 7) is 6.78. The van der Waals surface area contributed by atoms with Crippen molar-refractivity contribution in [3.63, 3.8) is 0 Å². The van der Waals surface area contributed by atoms with Crippen LogP contribution < -0.4 is 5.32 Å². The Morgan fingerprint density at radius 1 is 1.29 bits per heavy atom. The van der Waals surface area contributed by atoms with Gasteiger partial charge >= 0.3 is 0 Å². The monoisotopic (exact) mass is 196 g/mol. The minimum Gasteiger partial charge on any atom is -0.380 e. The molecule has 14 heavy (non-hydrogen) atoms. The molecule has 0 atom stereocenters. The second-order valence-corrected chi connectivity index (χ2v) is 5.18. The largest absolute Gasteiger partial charge is 0.380 e. The summed E-state index contributed by atoms with van der Waals surface area (Å²) in [6, 6.07) is 0. The SMILES string of the molecule is C1COCCN(CC23CC(CN2)C3)C1. The van der Waals surface area contributed by atoms with E-state index < -0.39 is 0 Å². The van der Waals surface area contributed by atoms with Crippen LogP contribution in [0.5, 0.6) is 0 Å². The Balaban J connectivity index is 1.55. The molecule has 3 nitrogen and oxygen atoms in total. The van der Waals surface area contributed by atoms with Gasteiger partial charge in [-0.1, -0.05) is 0 Å². The van der Waals surface area contributed by atoms with Crippen molar-refractivity contribution >= 4 is 0 Å². The van der Waals surface area contributed by atoms with Crippen LogP contribution in [0.15, 0.2) is 0 Å². The van der Waals surface area contributed by atoms with Crippen molar-refractivity contribution in [2.24, 2.45) is 5.92 Å². The molecule has 3 heteroatoms. The van der Waals surface area contributed by atoms with Crippen LogP contribution in [0.4, 0.5) is 0 Å². The maximum Gasteiger partial charge on any atom is 0.0593 e. The number of nitrogens with zero attached hydrogens (tertiary/aromatic N) is 1. The van der Waals surface area contributed by atoms with E-state index in [9.17, 15) is 0 Å². The zero-order valence-corrected chi connectivity index (χ0v) is 8.80. The van der Waals surface area contributed by atoms with Crippen molar-refractivity contribution in [2.45, 2.75) is 24.8 Å². The van der Waals surface area contributed by atoms with Crippen LogP contribution in [0.2, 0.25) is 0 Å². The highest BCUT2D eigenvalue weighted by molar-refractivity contribution is 5.09. The summed E-state index contributed by atoms with van der Waals surface area (Å²) in [5.41, 5.74) is 0.509. The molecule has 0 amide bonds. The Labute approximate surface area is 85.8 Å². The van der Waals surface area contributed by atoms with Crippen LogP contribution in [0.1, 0.15) is 19.3 Å². The van der Waals surface area contributed by atoms with Crippen LogP contribution in [0.25, 0.3) is 0 Å². The zero-order chi connectivity index (χ0) is 9.43. The molecule has 0 radical (unpaired) electrons. The van der Waals surface area contributed by atoms with E-state index in [0.29, 0.717) is 5.54 Å². The molecule has 4 aliphatic rings. The topological polar surface area (TPSA) is 24.5 Å². The van der Waals surface area contributed by atoms with E-state index in [4.69, 9.17) is 4.74 Å². The third-order valence-electron chi connectivity index (χ3n) is 3.97. The second kappa shape index (κ2) is 3.47. The second-order valence-electron chi connectivity index (χ2n) is 5.18. The Kier molecular flexibility index (Phi) is 2.26. The maximum absolute atomic E-state index is 5.47. The number of fused-ring (bicyclic) bond motifs is 1. The molecule has 3 saturated heterocycles. The average Bonchev–Trinajstić information content (AvgIpc) is 2.58. The van der Waals surface area contributed by atoms with E-state index in [0.717, 1.165) is 25.7 Å². The number of hydrogen-bond donors (Lipinski definition) is 1. The first-order valence-electron chi connectivity index (χ1n) is 5.91. The summed E-state index contributed by atoms with van der Waals surface area (Å²) in [4.78, 5) is 2.58. The molecule has 0 aromatic rings. The molecule has 4 rings (SSSR count). The van der Waals surface area contributed by atoms with Gasteiger partial charge in [0.15, 0.2) is 0 Å². The molecule has 3 aliphatic heterocycles. The Bertz CT molecular complexity index is 200. The van der Waals surface area contributed by atoms with E-state index in [-0.39, 0.29) is 0 Å². The van der Waals surface area contributed by atoms with E-state index in [1.54, 1.807) is 0 Å². The van der Waals surface area contributed by atoms with Gasteiger partial charge in [0.2, 0.25) is 0 Å². The fourth-order valence-electron chi connectivity index (χ4n) is 3.26. The predicted octanol–water partition coefficient (Wildman–Crippen LogP) is 0.461. The first-order chi connectivity index (χ1) is 6.86. The highest BCUT2D eigenvalue weighted by Gasteiger charge is 2.50. The standard InChI is InChI=1S/C11H20N2O/c1-2-13(3-5-14-4-1)9-11-6-10(7-11)8-12-11/h10,12H,1-9H2. The van der Waals surface area contributed by atoms with Gasteiger partial charge in [0.1, 0.15) is 0 Å². The molecule has 1 aliphatic carbocycles. The molecule has 0 spiro atoms. The molecule has 0 unspecified atom stereocenters. The Morgan fingerprint density at radius 3 is 3.00 bits per heavy atom. The lowest BCUT2D eigenvalue weighted by Crippen LogP contribution is -2.53. The van der Waals surface area contributed by atoms with E-state index >= 15 is 0 Å². The summed E-state index contributed by atoms with van der Waals surface area (Å²) >= 11 is 0. The first kappa shape index (κ1) is 9.13. The van der Waals surface area contributed by atoms with Crippen LogP contribution in [-0.2, 0) is 4.74 Å². The van der Waals surface area contributed by atoms with Crippen LogP contribution in [0.3, 0.4) is 0 Å². The highest BCUT2D eigenvalue weighted by Crippen LogP contribution is 2.43.